The van der Waals surface area contributed by atoms with Crippen LogP contribution in [0.25, 0.3) is 0 Å². The number of hydrogen-bond donors (Lipinski definition) is 1. The van der Waals surface area contributed by atoms with Crippen LogP contribution in [0.3, 0.4) is 0 Å². The largest absolute Gasteiger partial charge is 0.387 e. The fraction of sp³-hybridized carbons (Fsp3) is 0.600. The zero-order valence-corrected chi connectivity index (χ0v) is 9.13. The maximum atomic E-state index is 6.06. The van der Waals surface area contributed by atoms with E-state index in [1.807, 2.05) is 13.1 Å². The van der Waals surface area contributed by atoms with Gasteiger partial charge in [-0.15, -0.1) is 0 Å². The van der Waals surface area contributed by atoms with Gasteiger partial charge in [-0.1, -0.05) is 31.5 Å². The highest BCUT2D eigenvalue weighted by molar-refractivity contribution is 6.31. The zero-order valence-electron chi connectivity index (χ0n) is 8.37. The molecule has 0 unspecified atom stereocenters. The second kappa shape index (κ2) is 6.13. The molecule has 0 aliphatic heterocycles. The van der Waals surface area contributed by atoms with Crippen LogP contribution in [-0.2, 0) is 0 Å². The summed E-state index contributed by atoms with van der Waals surface area (Å²) in [4.78, 5) is 0. The summed E-state index contributed by atoms with van der Waals surface area (Å²) in [6.07, 6.45) is 4.03. The Morgan fingerprint density at radius 1 is 1.42 bits per heavy atom. The van der Waals surface area contributed by atoms with Gasteiger partial charge >= 0.3 is 0 Å². The molecule has 0 aliphatic carbocycles. The third kappa shape index (κ3) is 3.31. The molecule has 0 atom stereocenters. The van der Waals surface area contributed by atoms with Crippen molar-refractivity contribution < 1.29 is 0 Å². The molecule has 1 N–H and O–H groups in total. The fourth-order valence-electron chi connectivity index (χ4n) is 0.995. The molecule has 0 rings (SSSR count). The van der Waals surface area contributed by atoms with Crippen molar-refractivity contribution in [3.05, 3.63) is 22.4 Å². The van der Waals surface area contributed by atoms with Gasteiger partial charge in [0.2, 0.25) is 0 Å². The van der Waals surface area contributed by atoms with Crippen molar-refractivity contribution >= 4 is 11.6 Å². The van der Waals surface area contributed by atoms with Crippen molar-refractivity contribution in [1.82, 2.24) is 5.32 Å². The summed E-state index contributed by atoms with van der Waals surface area (Å²) in [7, 11) is 1.90. The first kappa shape index (κ1) is 11.6. The van der Waals surface area contributed by atoms with E-state index in [0.717, 1.165) is 23.6 Å². The van der Waals surface area contributed by atoms with Crippen LogP contribution in [0.5, 0.6) is 0 Å². The van der Waals surface area contributed by atoms with Gasteiger partial charge < -0.3 is 5.32 Å². The maximum Gasteiger partial charge on any atom is 0.0596 e. The highest BCUT2D eigenvalue weighted by Gasteiger charge is 2.01. The van der Waals surface area contributed by atoms with Crippen molar-refractivity contribution in [2.45, 2.75) is 33.6 Å². The predicted molar refractivity (Wildman–Crippen MR) is 56.3 cm³/mol. The monoisotopic (exact) mass is 187 g/mol. The second-order valence-corrected chi connectivity index (χ2v) is 3.13. The van der Waals surface area contributed by atoms with E-state index in [0.29, 0.717) is 0 Å². The minimum Gasteiger partial charge on any atom is -0.387 e. The molecule has 0 aliphatic rings. The number of halogens is 1. The van der Waals surface area contributed by atoms with Crippen molar-refractivity contribution in [1.29, 1.82) is 0 Å². The predicted octanol–water partition coefficient (Wildman–Crippen LogP) is 3.42. The zero-order chi connectivity index (χ0) is 9.56. The van der Waals surface area contributed by atoms with Gasteiger partial charge in [0, 0.05) is 7.05 Å². The van der Waals surface area contributed by atoms with Crippen LogP contribution in [0, 0.1) is 0 Å². The lowest BCUT2D eigenvalue weighted by molar-refractivity contribution is 0.945. The summed E-state index contributed by atoms with van der Waals surface area (Å²) in [5, 5.41) is 3.95. The summed E-state index contributed by atoms with van der Waals surface area (Å²) in [5.74, 6) is 0. The number of likely N-dealkylation sites (N-methyl/N-ethyl adjacent to an activating group) is 1. The Morgan fingerprint density at radius 3 is 2.33 bits per heavy atom. The van der Waals surface area contributed by atoms with Crippen LogP contribution in [0.4, 0.5) is 0 Å². The molecule has 0 saturated carbocycles. The van der Waals surface area contributed by atoms with E-state index >= 15 is 0 Å². The Labute approximate surface area is 80.5 Å². The number of nitrogens with one attached hydrogen (secondary N) is 1. The van der Waals surface area contributed by atoms with Gasteiger partial charge in [0.15, 0.2) is 0 Å². The molecule has 0 aromatic heterocycles. The quantitative estimate of drug-likeness (QED) is 0.666. The summed E-state index contributed by atoms with van der Waals surface area (Å²) < 4.78 is 0. The van der Waals surface area contributed by atoms with Crippen LogP contribution < -0.4 is 5.32 Å². The van der Waals surface area contributed by atoms with Crippen LogP contribution >= 0.6 is 11.6 Å². The molecule has 2 heteroatoms. The molecule has 0 radical (unpaired) electrons. The van der Waals surface area contributed by atoms with Crippen LogP contribution in [0.1, 0.15) is 33.6 Å². The Bertz CT molecular complexity index is 192. The first-order valence-corrected chi connectivity index (χ1v) is 4.78. The summed E-state index contributed by atoms with van der Waals surface area (Å²) >= 11 is 6.06. The van der Waals surface area contributed by atoms with Crippen molar-refractivity contribution in [2.24, 2.45) is 0 Å². The van der Waals surface area contributed by atoms with E-state index in [1.165, 1.54) is 5.57 Å². The Balaban J connectivity index is 4.66. The minimum absolute atomic E-state index is 0.833. The van der Waals surface area contributed by atoms with Gasteiger partial charge in [-0.3, -0.25) is 0 Å². The first-order chi connectivity index (χ1) is 5.67. The molecule has 0 fully saturated rings. The Kier molecular flexibility index (Phi) is 5.91. The van der Waals surface area contributed by atoms with Gasteiger partial charge in [-0.2, -0.15) is 0 Å². The molecule has 0 heterocycles. The maximum absolute atomic E-state index is 6.06. The van der Waals surface area contributed by atoms with Gasteiger partial charge in [0.25, 0.3) is 0 Å². The highest BCUT2D eigenvalue weighted by Crippen LogP contribution is 2.18. The van der Waals surface area contributed by atoms with Gasteiger partial charge in [-0.05, 0) is 25.3 Å². The van der Waals surface area contributed by atoms with Crippen molar-refractivity contribution in [2.75, 3.05) is 7.05 Å². The normalized spacial score (nSPS) is 14.2. The molecule has 0 aromatic rings. The van der Waals surface area contributed by atoms with Crippen LogP contribution in [0.15, 0.2) is 22.4 Å². The lowest BCUT2D eigenvalue weighted by Crippen LogP contribution is -2.08. The molecule has 0 amide bonds. The average Bonchev–Trinajstić information content (AvgIpc) is 2.06. The standard InChI is InChI=1S/C10H18ClN/c1-5-7-9(11)10(12-4)8(3)6-2/h7,12H,5-6H2,1-4H3/b9-7+,10-8+. The van der Waals surface area contributed by atoms with Gasteiger partial charge in [-0.25, -0.2) is 0 Å². The topological polar surface area (TPSA) is 12.0 Å². The minimum atomic E-state index is 0.833. The second-order valence-electron chi connectivity index (χ2n) is 2.72. The van der Waals surface area contributed by atoms with Crippen LogP contribution in [-0.4, -0.2) is 7.05 Å². The van der Waals surface area contributed by atoms with E-state index in [1.54, 1.807) is 0 Å². The summed E-state index contributed by atoms with van der Waals surface area (Å²) in [5.41, 5.74) is 2.37. The smallest absolute Gasteiger partial charge is 0.0596 e. The van der Waals surface area contributed by atoms with E-state index in [2.05, 4.69) is 26.1 Å². The molecule has 12 heavy (non-hydrogen) atoms. The Hall–Kier alpha value is -0.430. The Morgan fingerprint density at radius 2 is 2.00 bits per heavy atom. The average molecular weight is 188 g/mol. The summed E-state index contributed by atoms with van der Waals surface area (Å²) in [6, 6.07) is 0. The summed E-state index contributed by atoms with van der Waals surface area (Å²) in [6.45, 7) is 6.30. The van der Waals surface area contributed by atoms with Crippen molar-refractivity contribution in [3.8, 4) is 0 Å². The lowest BCUT2D eigenvalue weighted by Gasteiger charge is -2.09. The molecule has 0 aromatic carbocycles. The van der Waals surface area contributed by atoms with Gasteiger partial charge in [0.05, 0.1) is 10.7 Å². The fourth-order valence-corrected chi connectivity index (χ4v) is 1.40. The molecule has 0 bridgehead atoms. The van der Waals surface area contributed by atoms with E-state index in [9.17, 15) is 0 Å². The number of rotatable bonds is 4. The van der Waals surface area contributed by atoms with E-state index < -0.39 is 0 Å². The van der Waals surface area contributed by atoms with E-state index in [4.69, 9.17) is 11.6 Å². The van der Waals surface area contributed by atoms with Gasteiger partial charge in [0.1, 0.15) is 0 Å². The molecule has 1 nitrogen and oxygen atoms in total. The number of allylic oxidation sites excluding steroid dienone is 3. The first-order valence-electron chi connectivity index (χ1n) is 4.40. The SMILES string of the molecule is CC/C=C(Cl)\C(NC)=C(\C)CC. The number of hydrogen-bond acceptors (Lipinski definition) is 1. The molecular formula is C10H18ClN. The van der Waals surface area contributed by atoms with E-state index in [-0.39, 0.29) is 0 Å². The molecular weight excluding hydrogens is 170 g/mol. The van der Waals surface area contributed by atoms with Crippen LogP contribution in [0.2, 0.25) is 0 Å². The lowest BCUT2D eigenvalue weighted by atomic mass is 10.1. The molecule has 0 spiro atoms. The third-order valence-electron chi connectivity index (χ3n) is 1.83. The molecule has 70 valence electrons. The third-order valence-corrected chi connectivity index (χ3v) is 2.17. The van der Waals surface area contributed by atoms with Crippen molar-refractivity contribution in [3.63, 3.8) is 0 Å². The molecule has 0 saturated heterocycles. The highest BCUT2D eigenvalue weighted by atomic mass is 35.5.